The summed E-state index contributed by atoms with van der Waals surface area (Å²) in [5.74, 6) is -0.288. The number of ether oxygens (including phenoxy) is 1. The van der Waals surface area contributed by atoms with Crippen molar-refractivity contribution >= 4 is 17.7 Å². The van der Waals surface area contributed by atoms with Crippen LogP contribution in [-0.2, 0) is 4.74 Å². The second-order valence-corrected chi connectivity index (χ2v) is 5.04. The zero-order valence-electron chi connectivity index (χ0n) is 12.1. The van der Waals surface area contributed by atoms with Crippen molar-refractivity contribution in [2.45, 2.75) is 6.10 Å². The Kier molecular flexibility index (Phi) is 3.93. The van der Waals surface area contributed by atoms with Crippen molar-refractivity contribution in [2.24, 2.45) is 0 Å². The zero-order valence-corrected chi connectivity index (χ0v) is 12.1. The maximum atomic E-state index is 12.2. The summed E-state index contributed by atoms with van der Waals surface area (Å²) in [6, 6.07) is 15.6. The van der Waals surface area contributed by atoms with Crippen molar-refractivity contribution in [1.29, 1.82) is 5.26 Å². The molecule has 0 aliphatic carbocycles. The maximum absolute atomic E-state index is 12.2. The van der Waals surface area contributed by atoms with Gasteiger partial charge in [-0.2, -0.15) is 5.26 Å². The molecule has 2 aromatic carbocycles. The summed E-state index contributed by atoms with van der Waals surface area (Å²) in [6.07, 6.45) is -0.732. The molecule has 0 bridgehead atoms. The lowest BCUT2D eigenvalue weighted by atomic mass is 10.1. The van der Waals surface area contributed by atoms with Crippen LogP contribution in [0, 0.1) is 11.3 Å². The SMILES string of the molecule is N#Cc1cccc(C(=O)Nc2ccc(C3CNC(=O)O3)cc2)c1. The van der Waals surface area contributed by atoms with Gasteiger partial charge < -0.3 is 15.4 Å². The fourth-order valence-electron chi connectivity index (χ4n) is 2.29. The molecule has 1 unspecified atom stereocenters. The molecule has 114 valence electrons. The van der Waals surface area contributed by atoms with E-state index in [1.54, 1.807) is 42.5 Å². The molecule has 1 aliphatic rings. The molecule has 0 radical (unpaired) electrons. The van der Waals surface area contributed by atoms with Gasteiger partial charge in [-0.25, -0.2) is 4.79 Å². The molecule has 0 spiro atoms. The Morgan fingerprint density at radius 1 is 1.26 bits per heavy atom. The molecule has 23 heavy (non-hydrogen) atoms. The second kappa shape index (κ2) is 6.20. The Bertz CT molecular complexity index is 793. The van der Waals surface area contributed by atoms with Gasteiger partial charge in [-0.3, -0.25) is 4.79 Å². The van der Waals surface area contributed by atoms with Crippen LogP contribution in [0.1, 0.15) is 27.6 Å². The number of carbonyl (C=O) groups is 2. The number of nitriles is 1. The summed E-state index contributed by atoms with van der Waals surface area (Å²) in [4.78, 5) is 23.2. The molecule has 6 heteroatoms. The number of rotatable bonds is 3. The van der Waals surface area contributed by atoms with Gasteiger partial charge in [0.25, 0.3) is 5.91 Å². The predicted octanol–water partition coefficient (Wildman–Crippen LogP) is 2.59. The first kappa shape index (κ1) is 14.6. The topological polar surface area (TPSA) is 91.2 Å². The largest absolute Gasteiger partial charge is 0.439 e. The van der Waals surface area contributed by atoms with Crippen molar-refractivity contribution < 1.29 is 14.3 Å². The summed E-state index contributed by atoms with van der Waals surface area (Å²) in [5, 5.41) is 14.2. The molecule has 2 amide bonds. The molecule has 3 rings (SSSR count). The molecule has 0 aromatic heterocycles. The van der Waals surface area contributed by atoms with Crippen LogP contribution in [0.4, 0.5) is 10.5 Å². The van der Waals surface area contributed by atoms with Crippen LogP contribution in [0.25, 0.3) is 0 Å². The van der Waals surface area contributed by atoms with Gasteiger partial charge in [0, 0.05) is 11.3 Å². The molecular weight excluding hydrogens is 294 g/mol. The monoisotopic (exact) mass is 307 g/mol. The minimum Gasteiger partial charge on any atom is -0.439 e. The van der Waals surface area contributed by atoms with Gasteiger partial charge >= 0.3 is 6.09 Å². The van der Waals surface area contributed by atoms with Crippen LogP contribution in [0.3, 0.4) is 0 Å². The molecule has 6 nitrogen and oxygen atoms in total. The van der Waals surface area contributed by atoms with E-state index >= 15 is 0 Å². The predicted molar refractivity (Wildman–Crippen MR) is 82.8 cm³/mol. The van der Waals surface area contributed by atoms with E-state index in [1.807, 2.05) is 6.07 Å². The van der Waals surface area contributed by atoms with Crippen LogP contribution in [0.5, 0.6) is 0 Å². The van der Waals surface area contributed by atoms with Gasteiger partial charge in [-0.1, -0.05) is 18.2 Å². The Balaban J connectivity index is 1.69. The van der Waals surface area contributed by atoms with E-state index < -0.39 is 6.09 Å². The van der Waals surface area contributed by atoms with Crippen LogP contribution in [0.2, 0.25) is 0 Å². The third kappa shape index (κ3) is 3.30. The van der Waals surface area contributed by atoms with Crippen LogP contribution >= 0.6 is 0 Å². The van der Waals surface area contributed by atoms with E-state index in [1.165, 1.54) is 6.07 Å². The number of hydrogen-bond donors (Lipinski definition) is 2. The molecule has 1 aliphatic heterocycles. The molecule has 1 heterocycles. The zero-order chi connectivity index (χ0) is 16.2. The van der Waals surface area contributed by atoms with Gasteiger partial charge in [0.05, 0.1) is 18.2 Å². The lowest BCUT2D eigenvalue weighted by molar-refractivity contribution is 0.102. The van der Waals surface area contributed by atoms with E-state index in [2.05, 4.69) is 10.6 Å². The fourth-order valence-corrected chi connectivity index (χ4v) is 2.29. The highest BCUT2D eigenvalue weighted by Crippen LogP contribution is 2.22. The van der Waals surface area contributed by atoms with Crippen LogP contribution in [0.15, 0.2) is 48.5 Å². The molecule has 2 aromatic rings. The summed E-state index contributed by atoms with van der Waals surface area (Å²) in [5.41, 5.74) is 2.33. The highest BCUT2D eigenvalue weighted by molar-refractivity contribution is 6.04. The number of carbonyl (C=O) groups excluding carboxylic acids is 2. The third-order valence-corrected chi connectivity index (χ3v) is 3.48. The first-order chi connectivity index (χ1) is 11.2. The molecular formula is C17H13N3O3. The van der Waals surface area contributed by atoms with Crippen molar-refractivity contribution in [1.82, 2.24) is 5.32 Å². The summed E-state index contributed by atoms with van der Waals surface area (Å²) in [7, 11) is 0. The normalized spacial score (nSPS) is 16.1. The number of cyclic esters (lactones) is 1. The van der Waals surface area contributed by atoms with Gasteiger partial charge in [0.1, 0.15) is 6.10 Å². The number of alkyl carbamates (subject to hydrolysis) is 1. The smallest absolute Gasteiger partial charge is 0.407 e. The van der Waals surface area contributed by atoms with Gasteiger partial charge in [-0.15, -0.1) is 0 Å². The lowest BCUT2D eigenvalue weighted by Gasteiger charge is -2.10. The molecule has 2 N–H and O–H groups in total. The lowest BCUT2D eigenvalue weighted by Crippen LogP contribution is -2.13. The summed E-state index contributed by atoms with van der Waals surface area (Å²) < 4.78 is 5.10. The highest BCUT2D eigenvalue weighted by atomic mass is 16.6. The number of anilines is 1. The first-order valence-electron chi connectivity index (χ1n) is 7.01. The van der Waals surface area contributed by atoms with Crippen molar-refractivity contribution in [3.05, 3.63) is 65.2 Å². The summed E-state index contributed by atoms with van der Waals surface area (Å²) in [6.45, 7) is 0.436. The Labute approximate surface area is 132 Å². The van der Waals surface area contributed by atoms with E-state index in [0.717, 1.165) is 5.56 Å². The number of benzene rings is 2. The third-order valence-electron chi connectivity index (χ3n) is 3.48. The minimum absolute atomic E-state index is 0.288. The van der Waals surface area contributed by atoms with E-state index in [0.29, 0.717) is 23.4 Å². The first-order valence-corrected chi connectivity index (χ1v) is 7.01. The van der Waals surface area contributed by atoms with Crippen molar-refractivity contribution in [3.8, 4) is 6.07 Å². The van der Waals surface area contributed by atoms with Crippen LogP contribution in [-0.4, -0.2) is 18.5 Å². The summed E-state index contributed by atoms with van der Waals surface area (Å²) >= 11 is 0. The quantitative estimate of drug-likeness (QED) is 0.911. The molecule has 1 saturated heterocycles. The number of nitrogens with zero attached hydrogens (tertiary/aromatic N) is 1. The van der Waals surface area contributed by atoms with Gasteiger partial charge in [0.2, 0.25) is 0 Å². The van der Waals surface area contributed by atoms with E-state index in [4.69, 9.17) is 10.00 Å². The second-order valence-electron chi connectivity index (χ2n) is 5.04. The van der Waals surface area contributed by atoms with Crippen LogP contribution < -0.4 is 10.6 Å². The molecule has 1 fully saturated rings. The highest BCUT2D eigenvalue weighted by Gasteiger charge is 2.23. The number of hydrogen-bond acceptors (Lipinski definition) is 4. The average Bonchev–Trinajstić information content (AvgIpc) is 3.02. The molecule has 0 saturated carbocycles. The maximum Gasteiger partial charge on any atom is 0.407 e. The average molecular weight is 307 g/mol. The standard InChI is InChI=1S/C17H13N3O3/c18-9-11-2-1-3-13(8-11)16(21)20-14-6-4-12(5-7-14)15-10-19-17(22)23-15/h1-8,15H,10H2,(H,19,22)(H,20,21). The Hall–Kier alpha value is -3.33. The number of amides is 2. The Morgan fingerprint density at radius 3 is 2.70 bits per heavy atom. The van der Waals surface area contributed by atoms with Crippen molar-refractivity contribution in [2.75, 3.05) is 11.9 Å². The minimum atomic E-state index is -0.426. The number of nitrogens with one attached hydrogen (secondary N) is 2. The molecule has 1 atom stereocenters. The van der Waals surface area contributed by atoms with Gasteiger partial charge in [0.15, 0.2) is 0 Å². The van der Waals surface area contributed by atoms with Crippen molar-refractivity contribution in [3.63, 3.8) is 0 Å². The fraction of sp³-hybridized carbons (Fsp3) is 0.118. The van der Waals surface area contributed by atoms with E-state index in [-0.39, 0.29) is 12.0 Å². The van der Waals surface area contributed by atoms with Gasteiger partial charge in [-0.05, 0) is 35.9 Å². The van der Waals surface area contributed by atoms with E-state index in [9.17, 15) is 9.59 Å². The Morgan fingerprint density at radius 2 is 2.04 bits per heavy atom.